The normalized spacial score (nSPS) is 11.1. The first-order chi connectivity index (χ1) is 9.42. The molecule has 1 amide bonds. The van der Waals surface area contributed by atoms with Gasteiger partial charge in [0, 0.05) is 6.92 Å². The zero-order chi connectivity index (χ0) is 15.3. The molecule has 1 aromatic rings. The number of methoxy groups -OCH3 is 1. The van der Waals surface area contributed by atoms with Crippen LogP contribution in [-0.2, 0) is 9.53 Å². The maximum Gasteiger partial charge on any atom is 0.341 e. The quantitative estimate of drug-likeness (QED) is 0.581. The Hall–Kier alpha value is -2.50. The molecule has 20 heavy (non-hydrogen) atoms. The lowest BCUT2D eigenvalue weighted by Gasteiger charge is -2.14. The summed E-state index contributed by atoms with van der Waals surface area (Å²) in [5.41, 5.74) is 0.113. The fraction of sp³-hybridized carbons (Fsp3) is 0.286. The molecule has 3 N–H and O–H groups in total. The van der Waals surface area contributed by atoms with Crippen LogP contribution in [0.15, 0.2) is 18.2 Å². The minimum atomic E-state index is -0.734. The van der Waals surface area contributed by atoms with E-state index in [-0.39, 0.29) is 28.5 Å². The van der Waals surface area contributed by atoms with Crippen LogP contribution in [0.2, 0.25) is 0 Å². The summed E-state index contributed by atoms with van der Waals surface area (Å²) in [7, 11) is 1.19. The average molecular weight is 279 g/mol. The predicted octanol–water partition coefficient (Wildman–Crippen LogP) is 2.45. The number of carbonyl (C=O) groups excluding carboxylic acids is 2. The topological polar surface area (TPSA) is 95.9 Å². The third-order valence-corrected chi connectivity index (χ3v) is 2.55. The molecule has 1 rings (SSSR count). The molecule has 0 aliphatic heterocycles. The van der Waals surface area contributed by atoms with Crippen LogP contribution in [0.1, 0.15) is 36.2 Å². The van der Waals surface area contributed by atoms with Gasteiger partial charge in [-0.15, -0.1) is 0 Å². The molecule has 0 bridgehead atoms. The molecule has 0 spiro atoms. The van der Waals surface area contributed by atoms with Gasteiger partial charge in [-0.25, -0.2) is 4.79 Å². The van der Waals surface area contributed by atoms with Gasteiger partial charge >= 0.3 is 5.97 Å². The molecule has 0 fully saturated rings. The van der Waals surface area contributed by atoms with Crippen molar-refractivity contribution in [3.05, 3.63) is 29.3 Å². The van der Waals surface area contributed by atoms with Gasteiger partial charge in [-0.05, 0) is 24.6 Å². The van der Waals surface area contributed by atoms with Gasteiger partial charge in [0.1, 0.15) is 17.1 Å². The third-order valence-electron chi connectivity index (χ3n) is 2.55. The standard InChI is InChI=1S/C14H17NO5/c1-4-5-11(17)12-10(15-8(2)16)7-6-9(13(12)18)14(19)20-3/h5-7,17-18H,4H2,1-3H3,(H,15,16)/b11-5-. The van der Waals surface area contributed by atoms with Crippen LogP contribution in [0.25, 0.3) is 5.76 Å². The number of hydrogen-bond donors (Lipinski definition) is 3. The van der Waals surface area contributed by atoms with Gasteiger partial charge < -0.3 is 20.3 Å². The van der Waals surface area contributed by atoms with Crippen LogP contribution >= 0.6 is 0 Å². The highest BCUT2D eigenvalue weighted by atomic mass is 16.5. The first kappa shape index (κ1) is 15.6. The van der Waals surface area contributed by atoms with E-state index in [1.807, 2.05) is 0 Å². The van der Waals surface area contributed by atoms with Gasteiger partial charge in [-0.2, -0.15) is 0 Å². The highest BCUT2D eigenvalue weighted by Gasteiger charge is 2.21. The van der Waals surface area contributed by atoms with Crippen LogP contribution in [0, 0.1) is 0 Å². The van der Waals surface area contributed by atoms with E-state index in [2.05, 4.69) is 10.1 Å². The maximum absolute atomic E-state index is 11.5. The van der Waals surface area contributed by atoms with E-state index in [0.29, 0.717) is 6.42 Å². The van der Waals surface area contributed by atoms with Crippen LogP contribution < -0.4 is 5.32 Å². The van der Waals surface area contributed by atoms with E-state index in [4.69, 9.17) is 0 Å². The zero-order valence-corrected chi connectivity index (χ0v) is 11.6. The van der Waals surface area contributed by atoms with E-state index in [1.165, 1.54) is 32.2 Å². The molecule has 0 unspecified atom stereocenters. The van der Waals surface area contributed by atoms with Crippen LogP contribution in [-0.4, -0.2) is 29.2 Å². The molecule has 0 aromatic heterocycles. The Balaban J connectivity index is 3.49. The van der Waals surface area contributed by atoms with Crippen molar-refractivity contribution in [3.8, 4) is 5.75 Å². The van der Waals surface area contributed by atoms with Crippen molar-refractivity contribution in [3.63, 3.8) is 0 Å². The Bertz CT molecular complexity index is 563. The number of rotatable bonds is 4. The molecule has 6 heteroatoms. The summed E-state index contributed by atoms with van der Waals surface area (Å²) in [6, 6.07) is 2.73. The largest absolute Gasteiger partial charge is 0.507 e. The smallest absolute Gasteiger partial charge is 0.341 e. The van der Waals surface area contributed by atoms with Crippen LogP contribution in [0.3, 0.4) is 0 Å². The number of anilines is 1. The van der Waals surface area contributed by atoms with E-state index >= 15 is 0 Å². The van der Waals surface area contributed by atoms with Gasteiger partial charge in [-0.1, -0.05) is 6.92 Å². The molecular formula is C14H17NO5. The molecule has 0 atom stereocenters. The number of amides is 1. The summed E-state index contributed by atoms with van der Waals surface area (Å²) in [5.74, 6) is -1.76. The van der Waals surface area contributed by atoms with Gasteiger partial charge in [0.05, 0.1) is 18.4 Å². The Morgan fingerprint density at radius 3 is 2.55 bits per heavy atom. The van der Waals surface area contributed by atoms with Gasteiger partial charge in [-0.3, -0.25) is 4.79 Å². The number of phenolic OH excluding ortho intramolecular Hbond substituents is 1. The summed E-state index contributed by atoms with van der Waals surface area (Å²) in [6.45, 7) is 3.10. The van der Waals surface area contributed by atoms with Crippen molar-refractivity contribution in [1.82, 2.24) is 0 Å². The van der Waals surface area contributed by atoms with Crippen molar-refractivity contribution in [2.45, 2.75) is 20.3 Å². The Morgan fingerprint density at radius 1 is 1.40 bits per heavy atom. The number of carbonyl (C=O) groups is 2. The second-order valence-corrected chi connectivity index (χ2v) is 4.05. The Kier molecular flexibility index (Phi) is 5.14. The number of phenols is 1. The predicted molar refractivity (Wildman–Crippen MR) is 74.6 cm³/mol. The molecule has 0 heterocycles. The average Bonchev–Trinajstić information content (AvgIpc) is 2.37. The first-order valence-electron chi connectivity index (χ1n) is 6.03. The number of aliphatic hydroxyl groups excluding tert-OH is 1. The van der Waals surface area contributed by atoms with Crippen molar-refractivity contribution in [1.29, 1.82) is 0 Å². The summed E-state index contributed by atoms with van der Waals surface area (Å²) in [4.78, 5) is 22.7. The lowest BCUT2D eigenvalue weighted by molar-refractivity contribution is -0.114. The number of hydrogen-bond acceptors (Lipinski definition) is 5. The van der Waals surface area contributed by atoms with E-state index < -0.39 is 11.7 Å². The highest BCUT2D eigenvalue weighted by Crippen LogP contribution is 2.35. The van der Waals surface area contributed by atoms with Crippen molar-refractivity contribution in [2.24, 2.45) is 0 Å². The van der Waals surface area contributed by atoms with E-state index in [1.54, 1.807) is 6.92 Å². The van der Waals surface area contributed by atoms with E-state index in [0.717, 1.165) is 0 Å². The summed E-state index contributed by atoms with van der Waals surface area (Å²) >= 11 is 0. The molecule has 1 aromatic carbocycles. The number of aliphatic hydroxyl groups is 1. The lowest BCUT2D eigenvalue weighted by atomic mass is 10.0. The molecular weight excluding hydrogens is 262 g/mol. The molecule has 0 saturated heterocycles. The number of ether oxygens (including phenoxy) is 1. The first-order valence-corrected chi connectivity index (χ1v) is 6.03. The summed E-state index contributed by atoms with van der Waals surface area (Å²) in [5, 5.41) is 22.6. The SMILES string of the molecule is CC/C=C(\O)c1c(NC(C)=O)ccc(C(=O)OC)c1O. The molecule has 0 aliphatic rings. The van der Waals surface area contributed by atoms with Gasteiger partial charge in [0.2, 0.25) is 5.91 Å². The maximum atomic E-state index is 11.5. The summed E-state index contributed by atoms with van der Waals surface area (Å²) < 4.78 is 4.55. The fourth-order valence-electron chi connectivity index (χ4n) is 1.71. The third kappa shape index (κ3) is 3.28. The number of aromatic hydroxyl groups is 1. The van der Waals surface area contributed by atoms with Gasteiger partial charge in [0.15, 0.2) is 0 Å². The summed E-state index contributed by atoms with van der Waals surface area (Å²) in [6.07, 6.45) is 1.98. The molecule has 0 aliphatic carbocycles. The highest BCUT2D eigenvalue weighted by molar-refractivity contribution is 5.99. The zero-order valence-electron chi connectivity index (χ0n) is 11.6. The lowest BCUT2D eigenvalue weighted by Crippen LogP contribution is -2.10. The van der Waals surface area contributed by atoms with Crippen LogP contribution in [0.4, 0.5) is 5.69 Å². The van der Waals surface area contributed by atoms with E-state index in [9.17, 15) is 19.8 Å². The number of esters is 1. The van der Waals surface area contributed by atoms with Crippen LogP contribution in [0.5, 0.6) is 5.75 Å². The van der Waals surface area contributed by atoms with Gasteiger partial charge in [0.25, 0.3) is 0 Å². The molecule has 6 nitrogen and oxygen atoms in total. The number of benzene rings is 1. The number of nitrogens with one attached hydrogen (secondary N) is 1. The second-order valence-electron chi connectivity index (χ2n) is 4.05. The van der Waals surface area contributed by atoms with Crippen molar-refractivity contribution < 1.29 is 24.5 Å². The fourth-order valence-corrected chi connectivity index (χ4v) is 1.71. The number of allylic oxidation sites excluding steroid dienone is 1. The molecule has 0 saturated carbocycles. The monoisotopic (exact) mass is 279 g/mol. The second kappa shape index (κ2) is 6.60. The minimum Gasteiger partial charge on any atom is -0.507 e. The molecule has 0 radical (unpaired) electrons. The minimum absolute atomic E-state index is 0.00931. The van der Waals surface area contributed by atoms with Crippen molar-refractivity contribution in [2.75, 3.05) is 12.4 Å². The van der Waals surface area contributed by atoms with Crippen molar-refractivity contribution >= 4 is 23.3 Å². The Labute approximate surface area is 116 Å². The Morgan fingerprint density at radius 2 is 2.05 bits per heavy atom. The molecule has 108 valence electrons.